The maximum absolute atomic E-state index is 11.6. The van der Waals surface area contributed by atoms with E-state index in [0.717, 1.165) is 12.4 Å². The van der Waals surface area contributed by atoms with E-state index in [0.29, 0.717) is 0 Å². The minimum Gasteiger partial charge on any atom is -0.387 e. The minimum atomic E-state index is -5.69. The lowest BCUT2D eigenvalue weighted by atomic mass is 10.1. The van der Waals surface area contributed by atoms with Crippen LogP contribution in [0.15, 0.2) is 17.2 Å². The number of rotatable bonds is 8. The molecule has 0 bridgehead atoms. The van der Waals surface area contributed by atoms with Gasteiger partial charge in [0.05, 0.1) is 18.5 Å². The molecule has 0 spiro atoms. The highest BCUT2D eigenvalue weighted by atomic mass is 31.3. The van der Waals surface area contributed by atoms with Crippen LogP contribution in [-0.2, 0) is 31.6 Å². The molecule has 19 heteroatoms. The van der Waals surface area contributed by atoms with E-state index in [1.807, 2.05) is 0 Å². The molecule has 1 aliphatic heterocycles. The molecule has 0 amide bonds. The van der Waals surface area contributed by atoms with Gasteiger partial charge in [0.2, 0.25) is 0 Å². The average Bonchev–Trinajstić information content (AvgIpc) is 2.78. The molecule has 1 aliphatic rings. The highest BCUT2D eigenvalue weighted by molar-refractivity contribution is 7.66. The van der Waals surface area contributed by atoms with Crippen LogP contribution < -0.4 is 5.56 Å². The number of phosphoric acid groups is 3. The Kier molecular flexibility index (Phi) is 7.12. The molecule has 16 nitrogen and oxygen atoms in total. The van der Waals surface area contributed by atoms with Gasteiger partial charge in [-0.3, -0.25) is 14.3 Å². The zero-order chi connectivity index (χ0) is 21.3. The number of phosphoric ester groups is 1. The molecule has 7 N–H and O–H groups in total. The van der Waals surface area contributed by atoms with E-state index in [4.69, 9.17) is 19.4 Å². The number of aromatic amines is 1. The van der Waals surface area contributed by atoms with E-state index in [2.05, 4.69) is 23.1 Å². The van der Waals surface area contributed by atoms with Crippen molar-refractivity contribution in [2.45, 2.75) is 24.4 Å². The van der Waals surface area contributed by atoms with Crippen molar-refractivity contribution in [3.63, 3.8) is 0 Å². The summed E-state index contributed by atoms with van der Waals surface area (Å²) in [4.78, 5) is 52.2. The molecule has 2 heterocycles. The van der Waals surface area contributed by atoms with Crippen LogP contribution in [0, 0.1) is 0 Å². The lowest BCUT2D eigenvalue weighted by Gasteiger charge is -2.19. The zero-order valence-corrected chi connectivity index (χ0v) is 16.1. The lowest BCUT2D eigenvalue weighted by Crippen LogP contribution is -2.33. The van der Waals surface area contributed by atoms with Crippen LogP contribution in [-0.4, -0.2) is 64.7 Å². The van der Waals surface area contributed by atoms with Gasteiger partial charge in [0, 0.05) is 6.20 Å². The van der Waals surface area contributed by atoms with Crippen LogP contribution in [0.25, 0.3) is 0 Å². The molecule has 160 valence electrons. The van der Waals surface area contributed by atoms with Gasteiger partial charge in [0.1, 0.15) is 24.4 Å². The van der Waals surface area contributed by atoms with Crippen molar-refractivity contribution in [1.29, 1.82) is 0 Å². The molecule has 6 atom stereocenters. The number of nitrogens with zero attached hydrogens (tertiary/aromatic N) is 1. The highest BCUT2D eigenvalue weighted by Crippen LogP contribution is 2.66. The summed E-state index contributed by atoms with van der Waals surface area (Å²) in [5.74, 6) is 0. The molecule has 1 aromatic heterocycles. The first-order chi connectivity index (χ1) is 12.7. The van der Waals surface area contributed by atoms with E-state index in [-0.39, 0.29) is 5.69 Å². The molecule has 3 unspecified atom stereocenters. The second-order valence-corrected chi connectivity index (χ2v) is 9.72. The molecular weight excluding hydrogens is 453 g/mol. The van der Waals surface area contributed by atoms with Crippen LogP contribution in [0.4, 0.5) is 0 Å². The molecule has 0 radical (unpaired) electrons. The van der Waals surface area contributed by atoms with Crippen molar-refractivity contribution >= 4 is 23.5 Å². The summed E-state index contributed by atoms with van der Waals surface area (Å²) >= 11 is 0. The number of ether oxygens (including phenoxy) is 1. The number of hydrogen-bond donors (Lipinski definition) is 7. The van der Waals surface area contributed by atoms with E-state index in [1.165, 1.54) is 0 Å². The van der Waals surface area contributed by atoms with Crippen LogP contribution in [0.1, 0.15) is 11.8 Å². The van der Waals surface area contributed by atoms with E-state index >= 15 is 0 Å². The van der Waals surface area contributed by atoms with Gasteiger partial charge < -0.3 is 39.5 Å². The van der Waals surface area contributed by atoms with Crippen molar-refractivity contribution in [2.75, 3.05) is 6.61 Å². The molecule has 1 saturated heterocycles. The Hall–Kier alpha value is -0.830. The number of aromatic nitrogens is 2. The molecule has 1 fully saturated rings. The quantitative estimate of drug-likeness (QED) is 0.209. The van der Waals surface area contributed by atoms with Crippen LogP contribution in [0.2, 0.25) is 0 Å². The SMILES string of the molecule is O=c1cnc([C@@H]2O[C@H](COP(=O)(O)OP(=O)(O)OP(=O)(O)O)C(O)[C@@H]2O)c[nH]1. The largest absolute Gasteiger partial charge is 0.490 e. The maximum atomic E-state index is 11.6. The first-order valence-electron chi connectivity index (χ1n) is 7.04. The highest BCUT2D eigenvalue weighted by Gasteiger charge is 2.46. The van der Waals surface area contributed by atoms with Crippen molar-refractivity contribution in [2.24, 2.45) is 0 Å². The third-order valence-electron chi connectivity index (χ3n) is 3.16. The summed E-state index contributed by atoms with van der Waals surface area (Å²) in [6, 6.07) is 0. The van der Waals surface area contributed by atoms with Gasteiger partial charge in [-0.1, -0.05) is 0 Å². The predicted molar refractivity (Wildman–Crippen MR) is 84.3 cm³/mol. The first kappa shape index (κ1) is 23.4. The summed E-state index contributed by atoms with van der Waals surface area (Å²) in [7, 11) is -16.6. The summed E-state index contributed by atoms with van der Waals surface area (Å²) in [5.41, 5.74) is -0.520. The van der Waals surface area contributed by atoms with Crippen LogP contribution in [0.3, 0.4) is 0 Å². The number of hydrogen-bond acceptors (Lipinski definition) is 11. The Morgan fingerprint density at radius 3 is 2.25 bits per heavy atom. The summed E-state index contributed by atoms with van der Waals surface area (Å²) in [6.07, 6.45) is -3.94. The van der Waals surface area contributed by atoms with Crippen LogP contribution >= 0.6 is 23.5 Å². The standard InChI is InChI=1S/C9H15N2O14P3/c12-6-2-10-4(1-11-6)9-8(14)7(13)5(23-9)3-22-27(18,19)25-28(20,21)24-26(15,16)17/h1-2,5,7-9,13-14H,3H2,(H,11,12)(H,18,19)(H,20,21)(H2,15,16,17)/t5-,7?,8+,9+/m1/s1. The maximum Gasteiger partial charge on any atom is 0.490 e. The Labute approximate surface area is 155 Å². The van der Waals surface area contributed by atoms with E-state index < -0.39 is 60.1 Å². The van der Waals surface area contributed by atoms with Crippen molar-refractivity contribution in [3.05, 3.63) is 28.4 Å². The Morgan fingerprint density at radius 2 is 1.71 bits per heavy atom. The monoisotopic (exact) mass is 468 g/mol. The number of nitrogens with one attached hydrogen (secondary N) is 1. The van der Waals surface area contributed by atoms with Crippen molar-refractivity contribution in [1.82, 2.24) is 9.97 Å². The van der Waals surface area contributed by atoms with Gasteiger partial charge in [0.15, 0.2) is 0 Å². The summed E-state index contributed by atoms with van der Waals surface area (Å²) < 4.78 is 50.0. The van der Waals surface area contributed by atoms with Gasteiger partial charge >= 0.3 is 23.5 Å². The van der Waals surface area contributed by atoms with Crippen LogP contribution in [0.5, 0.6) is 0 Å². The van der Waals surface area contributed by atoms with Crippen molar-refractivity contribution in [3.8, 4) is 0 Å². The summed E-state index contributed by atoms with van der Waals surface area (Å²) in [6.45, 7) is -0.957. The van der Waals surface area contributed by atoms with Gasteiger partial charge in [0.25, 0.3) is 5.56 Å². The fourth-order valence-electron chi connectivity index (χ4n) is 2.11. The van der Waals surface area contributed by atoms with Gasteiger partial charge in [-0.05, 0) is 0 Å². The van der Waals surface area contributed by atoms with Crippen molar-refractivity contribution < 1.29 is 61.4 Å². The molecule has 2 rings (SSSR count). The first-order valence-corrected chi connectivity index (χ1v) is 11.6. The number of aliphatic hydroxyl groups excluding tert-OH is 2. The van der Waals surface area contributed by atoms with Gasteiger partial charge in [-0.2, -0.15) is 8.62 Å². The summed E-state index contributed by atoms with van der Waals surface area (Å²) in [5, 5.41) is 19.9. The minimum absolute atomic E-state index is 0.0204. The topological polar surface area (TPSA) is 255 Å². The molecule has 28 heavy (non-hydrogen) atoms. The van der Waals surface area contributed by atoms with E-state index in [9.17, 15) is 33.6 Å². The van der Waals surface area contributed by atoms with Gasteiger partial charge in [-0.15, -0.1) is 0 Å². The molecule has 0 saturated carbocycles. The number of aliphatic hydroxyl groups is 2. The second kappa shape index (κ2) is 8.50. The zero-order valence-electron chi connectivity index (χ0n) is 13.4. The third-order valence-corrected chi connectivity index (χ3v) is 6.97. The Balaban J connectivity index is 2.00. The lowest BCUT2D eigenvalue weighted by molar-refractivity contribution is -0.0235. The number of H-pyrrole nitrogens is 1. The second-order valence-electron chi connectivity index (χ2n) is 5.30. The Morgan fingerprint density at radius 1 is 1.07 bits per heavy atom. The normalized spacial score (nSPS) is 29.9. The molecule has 1 aromatic rings. The predicted octanol–water partition coefficient (Wildman–Crippen LogP) is -1.73. The third kappa shape index (κ3) is 6.61. The average molecular weight is 468 g/mol. The smallest absolute Gasteiger partial charge is 0.387 e. The molecular formula is C9H15N2O14P3. The Bertz CT molecular complexity index is 878. The molecule has 0 aliphatic carbocycles. The fourth-order valence-corrected chi connectivity index (χ4v) is 5.14. The fraction of sp³-hybridized carbons (Fsp3) is 0.556. The molecule has 0 aromatic carbocycles. The van der Waals surface area contributed by atoms with E-state index in [1.54, 1.807) is 0 Å². The van der Waals surface area contributed by atoms with Gasteiger partial charge in [-0.25, -0.2) is 13.7 Å².